The Morgan fingerprint density at radius 1 is 1.00 bits per heavy atom. The SMILES string of the molecule is Cc1nc(-c2ccccn2)sc1C(=O)NNC(=O)c1oc2ccccc2c1C. The molecule has 4 aromatic rings. The van der Waals surface area contributed by atoms with Crippen LogP contribution in [0.5, 0.6) is 0 Å². The Morgan fingerprint density at radius 2 is 1.75 bits per heavy atom. The van der Waals surface area contributed by atoms with E-state index >= 15 is 0 Å². The van der Waals surface area contributed by atoms with Gasteiger partial charge in [0.05, 0.1) is 11.4 Å². The maximum Gasteiger partial charge on any atom is 0.305 e. The monoisotopic (exact) mass is 392 g/mol. The summed E-state index contributed by atoms with van der Waals surface area (Å²) < 4.78 is 5.60. The van der Waals surface area contributed by atoms with Crippen LogP contribution in [0, 0.1) is 13.8 Å². The van der Waals surface area contributed by atoms with Gasteiger partial charge in [0.1, 0.15) is 15.5 Å². The van der Waals surface area contributed by atoms with Crippen LogP contribution >= 0.6 is 11.3 Å². The standard InChI is InChI=1S/C20H16N4O3S/c1-11-13-7-3-4-9-15(13)27-16(11)18(25)23-24-19(26)17-12(2)22-20(28-17)14-8-5-6-10-21-14/h3-10H,1-2H3,(H,23,25)(H,24,26). The Balaban J connectivity index is 1.49. The molecule has 0 aliphatic heterocycles. The van der Waals surface area contributed by atoms with Gasteiger partial charge in [-0.1, -0.05) is 24.3 Å². The van der Waals surface area contributed by atoms with E-state index in [1.54, 1.807) is 26.1 Å². The average molecular weight is 392 g/mol. The first-order chi connectivity index (χ1) is 13.5. The highest BCUT2D eigenvalue weighted by Gasteiger charge is 2.20. The fourth-order valence-corrected chi connectivity index (χ4v) is 3.76. The van der Waals surface area contributed by atoms with E-state index in [4.69, 9.17) is 4.42 Å². The van der Waals surface area contributed by atoms with E-state index in [0.29, 0.717) is 32.4 Å². The van der Waals surface area contributed by atoms with Gasteiger partial charge in [-0.2, -0.15) is 0 Å². The normalized spacial score (nSPS) is 10.8. The molecule has 2 N–H and O–H groups in total. The van der Waals surface area contributed by atoms with Gasteiger partial charge in [0, 0.05) is 17.1 Å². The van der Waals surface area contributed by atoms with Crippen molar-refractivity contribution in [2.75, 3.05) is 0 Å². The van der Waals surface area contributed by atoms with Crippen molar-refractivity contribution in [1.29, 1.82) is 0 Å². The van der Waals surface area contributed by atoms with Gasteiger partial charge in [0.25, 0.3) is 5.91 Å². The number of furan rings is 1. The zero-order chi connectivity index (χ0) is 19.7. The van der Waals surface area contributed by atoms with Gasteiger partial charge in [-0.3, -0.25) is 25.4 Å². The van der Waals surface area contributed by atoms with Crippen molar-refractivity contribution in [2.45, 2.75) is 13.8 Å². The summed E-state index contributed by atoms with van der Waals surface area (Å²) in [6.07, 6.45) is 1.67. The number of thiazole rings is 1. The highest BCUT2D eigenvalue weighted by atomic mass is 32.1. The number of carbonyl (C=O) groups is 2. The molecule has 3 aromatic heterocycles. The first-order valence-electron chi connectivity index (χ1n) is 8.52. The van der Waals surface area contributed by atoms with E-state index in [2.05, 4.69) is 20.8 Å². The summed E-state index contributed by atoms with van der Waals surface area (Å²) in [4.78, 5) is 34.0. The number of hydrazine groups is 1. The van der Waals surface area contributed by atoms with Gasteiger partial charge in [-0.25, -0.2) is 4.98 Å². The van der Waals surface area contributed by atoms with Gasteiger partial charge in [0.2, 0.25) is 0 Å². The number of pyridine rings is 1. The summed E-state index contributed by atoms with van der Waals surface area (Å²) in [5.74, 6) is -0.801. The molecule has 0 spiro atoms. The number of amides is 2. The lowest BCUT2D eigenvalue weighted by Crippen LogP contribution is -2.41. The summed E-state index contributed by atoms with van der Waals surface area (Å²) in [5, 5.41) is 1.50. The molecule has 3 heterocycles. The Hall–Kier alpha value is -3.52. The topological polar surface area (TPSA) is 97.1 Å². The molecule has 0 saturated heterocycles. The molecule has 0 saturated carbocycles. The molecule has 0 aliphatic rings. The molecular weight excluding hydrogens is 376 g/mol. The maximum atomic E-state index is 12.5. The molecule has 1 aromatic carbocycles. The summed E-state index contributed by atoms with van der Waals surface area (Å²) in [6.45, 7) is 3.54. The van der Waals surface area contributed by atoms with Gasteiger partial charge in [-0.15, -0.1) is 11.3 Å². The second-order valence-electron chi connectivity index (χ2n) is 6.11. The van der Waals surface area contributed by atoms with E-state index in [0.717, 1.165) is 5.39 Å². The van der Waals surface area contributed by atoms with Crippen molar-refractivity contribution in [3.05, 3.63) is 70.6 Å². The number of rotatable bonds is 3. The maximum absolute atomic E-state index is 12.5. The zero-order valence-corrected chi connectivity index (χ0v) is 16.0. The molecule has 0 atom stereocenters. The number of nitrogens with zero attached hydrogens (tertiary/aromatic N) is 2. The van der Waals surface area contributed by atoms with Crippen LogP contribution in [0.1, 0.15) is 31.5 Å². The fourth-order valence-electron chi connectivity index (χ4n) is 2.82. The van der Waals surface area contributed by atoms with Crippen LogP contribution in [0.3, 0.4) is 0 Å². The van der Waals surface area contributed by atoms with E-state index in [1.165, 1.54) is 11.3 Å². The van der Waals surface area contributed by atoms with Crippen molar-refractivity contribution >= 4 is 34.1 Å². The predicted octanol–water partition coefficient (Wildman–Crippen LogP) is 3.64. The summed E-state index contributed by atoms with van der Waals surface area (Å²) in [7, 11) is 0. The molecule has 0 fully saturated rings. The number of hydrogen-bond acceptors (Lipinski definition) is 6. The molecule has 8 heteroatoms. The van der Waals surface area contributed by atoms with Crippen molar-refractivity contribution in [3.8, 4) is 10.7 Å². The molecule has 0 unspecified atom stereocenters. The molecular formula is C20H16N4O3S. The van der Waals surface area contributed by atoms with Gasteiger partial charge >= 0.3 is 5.91 Å². The number of aromatic nitrogens is 2. The highest BCUT2D eigenvalue weighted by molar-refractivity contribution is 7.17. The van der Waals surface area contributed by atoms with Gasteiger partial charge in [-0.05, 0) is 32.0 Å². The van der Waals surface area contributed by atoms with Crippen molar-refractivity contribution in [1.82, 2.24) is 20.8 Å². The minimum atomic E-state index is -0.519. The lowest BCUT2D eigenvalue weighted by atomic mass is 10.1. The third-order valence-electron chi connectivity index (χ3n) is 4.23. The Labute approximate surface area is 164 Å². The second-order valence-corrected chi connectivity index (χ2v) is 7.11. The van der Waals surface area contributed by atoms with Crippen LogP contribution in [-0.2, 0) is 0 Å². The number of aryl methyl sites for hydroxylation is 2. The number of fused-ring (bicyclic) bond motifs is 1. The Morgan fingerprint density at radius 3 is 2.50 bits per heavy atom. The van der Waals surface area contributed by atoms with Gasteiger partial charge < -0.3 is 4.42 Å². The quantitative estimate of drug-likeness (QED) is 0.519. The molecule has 2 amide bonds. The molecule has 0 aliphatic carbocycles. The molecule has 7 nitrogen and oxygen atoms in total. The largest absolute Gasteiger partial charge is 0.451 e. The lowest BCUT2D eigenvalue weighted by Gasteiger charge is -2.05. The van der Waals surface area contributed by atoms with E-state index in [1.807, 2.05) is 36.4 Å². The van der Waals surface area contributed by atoms with E-state index in [9.17, 15) is 9.59 Å². The summed E-state index contributed by atoms with van der Waals surface area (Å²) >= 11 is 1.21. The molecule has 28 heavy (non-hydrogen) atoms. The fraction of sp³-hybridized carbons (Fsp3) is 0.100. The smallest absolute Gasteiger partial charge is 0.305 e. The number of para-hydroxylation sites is 1. The third kappa shape index (κ3) is 3.25. The summed E-state index contributed by atoms with van der Waals surface area (Å²) in [6, 6.07) is 12.9. The van der Waals surface area contributed by atoms with Crippen LogP contribution in [0.2, 0.25) is 0 Å². The molecule has 140 valence electrons. The van der Waals surface area contributed by atoms with E-state index in [-0.39, 0.29) is 5.76 Å². The van der Waals surface area contributed by atoms with Crippen LogP contribution in [0.15, 0.2) is 53.1 Å². The average Bonchev–Trinajstić information content (AvgIpc) is 3.27. The minimum Gasteiger partial charge on any atom is -0.451 e. The lowest BCUT2D eigenvalue weighted by molar-refractivity contribution is 0.0833. The highest BCUT2D eigenvalue weighted by Crippen LogP contribution is 2.26. The van der Waals surface area contributed by atoms with Crippen LogP contribution in [-0.4, -0.2) is 21.8 Å². The van der Waals surface area contributed by atoms with Gasteiger partial charge in [0.15, 0.2) is 5.76 Å². The zero-order valence-electron chi connectivity index (χ0n) is 15.1. The van der Waals surface area contributed by atoms with E-state index < -0.39 is 11.8 Å². The number of benzene rings is 1. The van der Waals surface area contributed by atoms with Crippen molar-refractivity contribution < 1.29 is 14.0 Å². The third-order valence-corrected chi connectivity index (χ3v) is 5.41. The van der Waals surface area contributed by atoms with Crippen LogP contribution in [0.25, 0.3) is 21.7 Å². The molecule has 0 bridgehead atoms. The first kappa shape index (κ1) is 17.9. The van der Waals surface area contributed by atoms with Crippen molar-refractivity contribution in [2.24, 2.45) is 0 Å². The number of hydrogen-bond donors (Lipinski definition) is 2. The van der Waals surface area contributed by atoms with Crippen LogP contribution in [0.4, 0.5) is 0 Å². The molecule has 4 rings (SSSR count). The Kier molecular flexibility index (Phi) is 4.62. The minimum absolute atomic E-state index is 0.164. The summed E-state index contributed by atoms with van der Waals surface area (Å²) in [5.41, 5.74) is 7.43. The predicted molar refractivity (Wildman–Crippen MR) is 106 cm³/mol. The number of carbonyl (C=O) groups excluding carboxylic acids is 2. The van der Waals surface area contributed by atoms with Crippen molar-refractivity contribution in [3.63, 3.8) is 0 Å². The first-order valence-corrected chi connectivity index (χ1v) is 9.34. The van der Waals surface area contributed by atoms with Crippen LogP contribution < -0.4 is 10.9 Å². The molecule has 0 radical (unpaired) electrons. The Bertz CT molecular complexity index is 1180. The second kappa shape index (κ2) is 7.24. The number of nitrogens with one attached hydrogen (secondary N) is 2.